The molecule has 0 saturated heterocycles. The summed E-state index contributed by atoms with van der Waals surface area (Å²) in [5.41, 5.74) is 2.18. The Labute approximate surface area is 328 Å². The van der Waals surface area contributed by atoms with Crippen molar-refractivity contribution in [3.8, 4) is 0 Å². The molecule has 0 bridgehead atoms. The second kappa shape index (κ2) is 19.9. The molecule has 4 aromatic rings. The van der Waals surface area contributed by atoms with E-state index in [1.54, 1.807) is 0 Å². The summed E-state index contributed by atoms with van der Waals surface area (Å²) in [6.07, 6.45) is 13.1. The molecule has 24 heteroatoms. The fraction of sp³-hybridized carbons (Fsp3) is 0.129. The van der Waals surface area contributed by atoms with Crippen molar-refractivity contribution < 1.29 is 51.0 Å². The summed E-state index contributed by atoms with van der Waals surface area (Å²) in [5.74, 6) is -0.506. The van der Waals surface area contributed by atoms with E-state index in [4.69, 9.17) is 0 Å². The third kappa shape index (κ3) is 12.7. The number of imidazole rings is 1. The van der Waals surface area contributed by atoms with Gasteiger partial charge in [-0.25, -0.2) is 9.13 Å². The number of benzene rings is 1. The number of allylic oxidation sites excluding steroid dienone is 6. The molecule has 3 heterocycles. The molecular formula is C31H28CoN13O8S2-. The summed E-state index contributed by atoms with van der Waals surface area (Å²) in [4.78, 5) is 51.0. The Bertz CT molecular complexity index is 2290. The molecule has 2 aliphatic carbocycles. The molecule has 0 spiro atoms. The monoisotopic (exact) mass is 833 g/mol. The molecule has 0 amide bonds. The Morgan fingerprint density at radius 3 is 1.62 bits per heavy atom. The van der Waals surface area contributed by atoms with Crippen molar-refractivity contribution in [1.29, 1.82) is 0 Å². The molecule has 1 radical (unpaired) electrons. The zero-order valence-electron chi connectivity index (χ0n) is 28.9. The third-order valence-corrected chi connectivity index (χ3v) is 8.14. The number of nitro groups is 2. The molecule has 1 aromatic carbocycles. The van der Waals surface area contributed by atoms with Crippen LogP contribution >= 0.6 is 22.7 Å². The first-order valence-electron chi connectivity index (χ1n) is 14.9. The predicted molar refractivity (Wildman–Crippen MR) is 196 cm³/mol. The van der Waals surface area contributed by atoms with Crippen LogP contribution in [0.4, 0.5) is 27.3 Å². The van der Waals surface area contributed by atoms with Crippen LogP contribution in [0.25, 0.3) is 0 Å². The first kappa shape index (κ1) is 42.6. The summed E-state index contributed by atoms with van der Waals surface area (Å²) in [6, 6.07) is 7.97. The van der Waals surface area contributed by atoms with E-state index >= 15 is 0 Å². The van der Waals surface area contributed by atoms with Gasteiger partial charge in [0.25, 0.3) is 0 Å². The second-order valence-corrected chi connectivity index (χ2v) is 12.6. The number of nitrogens with zero attached hydrogens (tertiary/aromatic N) is 13. The normalized spacial score (nSPS) is 15.6. The Morgan fingerprint density at radius 1 is 0.782 bits per heavy atom. The van der Waals surface area contributed by atoms with Crippen LogP contribution in [0.2, 0.25) is 0 Å². The standard InChI is InChI=1S/C13H18N5.2C9H6N4O4S.Co/c1-16(2)12-7-5-11(6-8-12)14-15-13-17(3)9-10-18(13)4;2*14-5-1-2-6(7(15)3-5)11-12-9-10-4-8(18-9)13(16)17;/h5-10H,1-4H3;2*1-4H,(H2,10,12,14,15);/q+1;;;/p-2. The maximum Gasteiger partial charge on any atom is 0.421 e. The van der Waals surface area contributed by atoms with E-state index in [1.165, 1.54) is 24.3 Å². The zero-order valence-corrected chi connectivity index (χ0v) is 31.6. The van der Waals surface area contributed by atoms with Gasteiger partial charge >= 0.3 is 16.0 Å². The molecule has 2 aliphatic rings. The van der Waals surface area contributed by atoms with Gasteiger partial charge in [-0.15, -0.1) is 0 Å². The zero-order chi connectivity index (χ0) is 39.4. The first-order chi connectivity index (χ1) is 25.7. The molecule has 287 valence electrons. The van der Waals surface area contributed by atoms with Gasteiger partial charge in [0.15, 0.2) is 11.6 Å². The van der Waals surface area contributed by atoms with E-state index in [0.29, 0.717) is 0 Å². The predicted octanol–water partition coefficient (Wildman–Crippen LogP) is 3.23. The van der Waals surface area contributed by atoms with Crippen LogP contribution in [-0.2, 0) is 40.5 Å². The smallest absolute Gasteiger partial charge is 0.421 e. The second-order valence-electron chi connectivity index (χ2n) is 10.6. The molecule has 3 aromatic heterocycles. The number of aromatic nitrogens is 4. The molecule has 0 atom stereocenters. The number of thiazole rings is 2. The fourth-order valence-corrected chi connectivity index (χ4v) is 4.89. The summed E-state index contributed by atoms with van der Waals surface area (Å²) < 4.78 is 3.86. The van der Waals surface area contributed by atoms with Gasteiger partial charge in [0.1, 0.15) is 28.6 Å². The molecule has 6 rings (SSSR count). The molecule has 0 unspecified atom stereocenters. The van der Waals surface area contributed by atoms with E-state index in [9.17, 15) is 40.0 Å². The fourth-order valence-electron chi connectivity index (χ4n) is 3.79. The number of anilines is 1. The van der Waals surface area contributed by atoms with Crippen LogP contribution < -0.4 is 29.0 Å². The van der Waals surface area contributed by atoms with Crippen molar-refractivity contribution in [3.63, 3.8) is 0 Å². The quantitative estimate of drug-likeness (QED) is 0.0897. The van der Waals surface area contributed by atoms with Gasteiger partial charge in [-0.3, -0.25) is 40.0 Å². The topological polar surface area (TPSA) is 275 Å². The maximum atomic E-state index is 10.9. The number of ketones is 2. The van der Waals surface area contributed by atoms with Crippen LogP contribution in [0.15, 0.2) is 128 Å². The number of azo groups is 1. The minimum Gasteiger partial charge on any atom is -0.506 e. The molecule has 0 saturated carbocycles. The Kier molecular flexibility index (Phi) is 15.4. The Balaban J connectivity index is 0.000000220. The average Bonchev–Trinajstić information content (AvgIpc) is 3.88. The number of carbonyl (C=O) groups is 2. The maximum absolute atomic E-state index is 10.9. The first-order valence-corrected chi connectivity index (χ1v) is 16.6. The van der Waals surface area contributed by atoms with Crippen LogP contribution in [0.3, 0.4) is 0 Å². The molecular weight excluding hydrogens is 805 g/mol. The largest absolute Gasteiger partial charge is 0.506 e. The van der Waals surface area contributed by atoms with Crippen molar-refractivity contribution in [2.45, 2.75) is 0 Å². The van der Waals surface area contributed by atoms with Gasteiger partial charge in [0, 0.05) is 75.8 Å². The van der Waals surface area contributed by atoms with Gasteiger partial charge in [-0.2, -0.15) is 0 Å². The number of rotatable bonds is 7. The van der Waals surface area contributed by atoms with Gasteiger partial charge in [-0.1, -0.05) is 27.8 Å². The molecule has 0 aliphatic heterocycles. The van der Waals surface area contributed by atoms with Crippen molar-refractivity contribution >= 4 is 73.0 Å². The molecule has 2 N–H and O–H groups in total. The summed E-state index contributed by atoms with van der Waals surface area (Å²) in [5, 5.41) is 62.3. The minimum absolute atomic E-state index is 0. The Morgan fingerprint density at radius 2 is 1.25 bits per heavy atom. The van der Waals surface area contributed by atoms with Crippen molar-refractivity contribution in [2.75, 3.05) is 19.0 Å². The summed E-state index contributed by atoms with van der Waals surface area (Å²) in [7, 11) is 7.92. The van der Waals surface area contributed by atoms with E-state index in [1.807, 2.05) is 74.0 Å². The van der Waals surface area contributed by atoms with E-state index in [0.717, 1.165) is 64.5 Å². The molecule has 21 nitrogen and oxygen atoms in total. The summed E-state index contributed by atoms with van der Waals surface area (Å²) in [6.45, 7) is 0. The van der Waals surface area contributed by atoms with Gasteiger partial charge in [0.2, 0.25) is 0 Å². The number of aryl methyl sites for hydroxylation is 2. The number of carbonyl (C=O) groups excluding carboxylic acids is 2. The van der Waals surface area contributed by atoms with E-state index in [2.05, 4.69) is 45.5 Å². The van der Waals surface area contributed by atoms with Crippen molar-refractivity contribution in [2.24, 2.45) is 44.7 Å². The number of aliphatic hydroxyl groups is 2. The number of hydrogen-bond donors (Lipinski definition) is 2. The van der Waals surface area contributed by atoms with Crippen LogP contribution in [-0.4, -0.2) is 61.7 Å². The van der Waals surface area contributed by atoms with Gasteiger partial charge in [-0.05, 0) is 48.6 Å². The number of hydrogen-bond acceptors (Lipinski definition) is 17. The SMILES string of the molecule is CN(C)c1ccc(N=Nc2n(C)cc[n+]2C)cc1.O=C1C=CC(=NN=c2[n-]cc([N+](=O)[O-])s2)C(O)=C1.O=C1C=CC(=NN=c2[n-]cc([N+](=O)[O-])s2)C(O)=C1.[Co]. The van der Waals surface area contributed by atoms with Crippen LogP contribution in [0.5, 0.6) is 0 Å². The van der Waals surface area contributed by atoms with Gasteiger partial charge < -0.3 is 35.3 Å². The molecule has 55 heavy (non-hydrogen) atoms. The van der Waals surface area contributed by atoms with E-state index < -0.39 is 9.85 Å². The van der Waals surface area contributed by atoms with Crippen LogP contribution in [0, 0.1) is 20.2 Å². The average molecular weight is 834 g/mol. The number of aliphatic hydroxyl groups excluding tert-OH is 2. The van der Waals surface area contributed by atoms with E-state index in [-0.39, 0.29) is 70.9 Å². The summed E-state index contributed by atoms with van der Waals surface area (Å²) >= 11 is 1.51. The third-order valence-electron chi connectivity index (χ3n) is 6.47. The Hall–Kier alpha value is -6.76. The van der Waals surface area contributed by atoms with Crippen molar-refractivity contribution in [3.05, 3.63) is 127 Å². The van der Waals surface area contributed by atoms with Crippen LogP contribution in [0.1, 0.15) is 0 Å². The molecule has 0 fully saturated rings. The van der Waals surface area contributed by atoms with Gasteiger partial charge in [0.05, 0.1) is 36.3 Å². The van der Waals surface area contributed by atoms with Crippen molar-refractivity contribution in [1.82, 2.24) is 14.5 Å². The minimum atomic E-state index is -0.583.